The molecule has 0 spiro atoms. The van der Waals surface area contributed by atoms with Gasteiger partial charge in [0.15, 0.2) is 5.69 Å². The van der Waals surface area contributed by atoms with Gasteiger partial charge in [-0.3, -0.25) is 14.7 Å². The average Bonchev–Trinajstić information content (AvgIpc) is 3.30. The standard InChI is InChI=1S/C18H25N5O3/c1-4-6-13-9-15(21-26-13)18(25)23-8-5-7-12(11-23)16-14(10-19-20-16)17(24)22(2)3/h9-10,12H,4-8,11H2,1-3H3,(H,19,20)/t12-/m0/s1. The Balaban J connectivity index is 1.74. The van der Waals surface area contributed by atoms with Crippen molar-refractivity contribution in [1.29, 1.82) is 0 Å². The van der Waals surface area contributed by atoms with Gasteiger partial charge in [0.1, 0.15) is 5.76 Å². The Morgan fingerprint density at radius 1 is 1.42 bits per heavy atom. The van der Waals surface area contributed by atoms with Crippen LogP contribution in [-0.2, 0) is 6.42 Å². The number of piperidine rings is 1. The van der Waals surface area contributed by atoms with Gasteiger partial charge < -0.3 is 14.3 Å². The Morgan fingerprint density at radius 3 is 2.96 bits per heavy atom. The van der Waals surface area contributed by atoms with Crippen molar-refractivity contribution in [2.45, 2.75) is 38.5 Å². The van der Waals surface area contributed by atoms with Crippen molar-refractivity contribution < 1.29 is 14.1 Å². The van der Waals surface area contributed by atoms with Gasteiger partial charge in [-0.2, -0.15) is 5.10 Å². The first-order valence-electron chi connectivity index (χ1n) is 9.01. The van der Waals surface area contributed by atoms with Crippen LogP contribution in [0.4, 0.5) is 0 Å². The summed E-state index contributed by atoms with van der Waals surface area (Å²) >= 11 is 0. The summed E-state index contributed by atoms with van der Waals surface area (Å²) in [6.07, 6.45) is 5.04. The first-order chi connectivity index (χ1) is 12.5. The van der Waals surface area contributed by atoms with Crippen LogP contribution in [0.1, 0.15) is 64.4 Å². The third kappa shape index (κ3) is 3.63. The molecule has 1 saturated heterocycles. The largest absolute Gasteiger partial charge is 0.361 e. The monoisotopic (exact) mass is 359 g/mol. The molecule has 1 atom stereocenters. The topological polar surface area (TPSA) is 95.3 Å². The molecular weight excluding hydrogens is 334 g/mol. The van der Waals surface area contributed by atoms with Crippen molar-refractivity contribution in [3.05, 3.63) is 35.0 Å². The third-order valence-corrected chi connectivity index (χ3v) is 4.70. The number of hydrogen-bond acceptors (Lipinski definition) is 5. The summed E-state index contributed by atoms with van der Waals surface area (Å²) in [6.45, 7) is 3.26. The Labute approximate surface area is 152 Å². The van der Waals surface area contributed by atoms with Crippen molar-refractivity contribution >= 4 is 11.8 Å². The summed E-state index contributed by atoms with van der Waals surface area (Å²) < 4.78 is 5.23. The lowest BCUT2D eigenvalue weighted by Crippen LogP contribution is -2.39. The number of carbonyl (C=O) groups excluding carboxylic acids is 2. The molecule has 0 unspecified atom stereocenters. The van der Waals surface area contributed by atoms with Crippen LogP contribution in [0, 0.1) is 0 Å². The molecule has 2 aromatic rings. The molecule has 2 aromatic heterocycles. The van der Waals surface area contributed by atoms with Crippen LogP contribution in [-0.4, -0.2) is 64.2 Å². The van der Waals surface area contributed by atoms with Crippen LogP contribution >= 0.6 is 0 Å². The summed E-state index contributed by atoms with van der Waals surface area (Å²) in [4.78, 5) is 28.4. The highest BCUT2D eigenvalue weighted by atomic mass is 16.5. The Kier molecular flexibility index (Phi) is 5.39. The second-order valence-corrected chi connectivity index (χ2v) is 6.92. The first kappa shape index (κ1) is 18.2. The number of aromatic nitrogens is 3. The molecule has 1 aliphatic heterocycles. The minimum atomic E-state index is -0.124. The lowest BCUT2D eigenvalue weighted by molar-refractivity contribution is 0.0695. The second-order valence-electron chi connectivity index (χ2n) is 6.92. The van der Waals surface area contributed by atoms with E-state index < -0.39 is 0 Å². The van der Waals surface area contributed by atoms with Gasteiger partial charge in [-0.05, 0) is 19.3 Å². The fourth-order valence-electron chi connectivity index (χ4n) is 3.36. The number of carbonyl (C=O) groups is 2. The second kappa shape index (κ2) is 7.72. The third-order valence-electron chi connectivity index (χ3n) is 4.70. The van der Waals surface area contributed by atoms with Crippen LogP contribution in [0.25, 0.3) is 0 Å². The number of aromatic amines is 1. The minimum absolute atomic E-state index is 0.0520. The fraction of sp³-hybridized carbons (Fsp3) is 0.556. The van der Waals surface area contributed by atoms with Crippen LogP contribution in [0.5, 0.6) is 0 Å². The van der Waals surface area contributed by atoms with E-state index in [1.165, 1.54) is 4.90 Å². The molecule has 0 aromatic carbocycles. The number of nitrogens with zero attached hydrogens (tertiary/aromatic N) is 4. The highest BCUT2D eigenvalue weighted by Gasteiger charge is 2.30. The molecule has 26 heavy (non-hydrogen) atoms. The predicted octanol–water partition coefficient (Wildman–Crippen LogP) is 2.07. The Bertz CT molecular complexity index is 779. The number of H-pyrrole nitrogens is 1. The molecule has 0 aliphatic carbocycles. The zero-order valence-electron chi connectivity index (χ0n) is 15.5. The van der Waals surface area contributed by atoms with E-state index in [4.69, 9.17) is 4.52 Å². The lowest BCUT2D eigenvalue weighted by Gasteiger charge is -2.32. The van der Waals surface area contributed by atoms with Crippen molar-refractivity contribution in [3.63, 3.8) is 0 Å². The normalized spacial score (nSPS) is 17.3. The number of aryl methyl sites for hydroxylation is 1. The van der Waals surface area contributed by atoms with Crippen molar-refractivity contribution in [1.82, 2.24) is 25.2 Å². The summed E-state index contributed by atoms with van der Waals surface area (Å²) in [6, 6.07) is 1.73. The molecule has 3 heterocycles. The van der Waals surface area contributed by atoms with Gasteiger partial charge in [-0.1, -0.05) is 12.1 Å². The van der Waals surface area contributed by atoms with E-state index in [-0.39, 0.29) is 17.7 Å². The van der Waals surface area contributed by atoms with Gasteiger partial charge >= 0.3 is 0 Å². The number of hydrogen-bond donors (Lipinski definition) is 1. The van der Waals surface area contributed by atoms with Crippen LogP contribution in [0.15, 0.2) is 16.8 Å². The molecule has 8 nitrogen and oxygen atoms in total. The van der Waals surface area contributed by atoms with E-state index in [1.807, 2.05) is 0 Å². The zero-order valence-corrected chi connectivity index (χ0v) is 15.5. The van der Waals surface area contributed by atoms with E-state index in [0.717, 1.165) is 37.1 Å². The van der Waals surface area contributed by atoms with Crippen LogP contribution in [0.3, 0.4) is 0 Å². The van der Waals surface area contributed by atoms with E-state index >= 15 is 0 Å². The highest BCUT2D eigenvalue weighted by Crippen LogP contribution is 2.29. The number of nitrogens with one attached hydrogen (secondary N) is 1. The molecule has 3 rings (SSSR count). The summed E-state index contributed by atoms with van der Waals surface area (Å²) in [7, 11) is 3.43. The van der Waals surface area contributed by atoms with Crippen LogP contribution < -0.4 is 0 Å². The molecule has 2 amide bonds. The van der Waals surface area contributed by atoms with Gasteiger partial charge in [0.05, 0.1) is 17.5 Å². The van der Waals surface area contributed by atoms with E-state index in [2.05, 4.69) is 22.3 Å². The van der Waals surface area contributed by atoms with Crippen LogP contribution in [0.2, 0.25) is 0 Å². The molecular formula is C18H25N5O3. The van der Waals surface area contributed by atoms with E-state index in [0.29, 0.717) is 24.3 Å². The van der Waals surface area contributed by atoms with Crippen molar-refractivity contribution in [3.8, 4) is 0 Å². The van der Waals surface area contributed by atoms with Crippen molar-refractivity contribution in [2.24, 2.45) is 0 Å². The highest BCUT2D eigenvalue weighted by molar-refractivity contribution is 5.95. The predicted molar refractivity (Wildman–Crippen MR) is 95.0 cm³/mol. The quantitative estimate of drug-likeness (QED) is 0.882. The summed E-state index contributed by atoms with van der Waals surface area (Å²) in [5.74, 6) is 0.576. The molecule has 1 aliphatic rings. The Morgan fingerprint density at radius 2 is 2.23 bits per heavy atom. The fourth-order valence-corrected chi connectivity index (χ4v) is 3.36. The zero-order chi connectivity index (χ0) is 18.7. The molecule has 1 N–H and O–H groups in total. The van der Waals surface area contributed by atoms with Gasteiger partial charge in [0.2, 0.25) is 0 Å². The maximum atomic E-state index is 12.8. The molecule has 0 bridgehead atoms. The molecule has 0 radical (unpaired) electrons. The van der Waals surface area contributed by atoms with Crippen molar-refractivity contribution in [2.75, 3.05) is 27.2 Å². The SMILES string of the molecule is CCCc1cc(C(=O)N2CCC[C@H](c3[nH]ncc3C(=O)N(C)C)C2)no1. The number of amides is 2. The Hall–Kier alpha value is -2.64. The minimum Gasteiger partial charge on any atom is -0.361 e. The average molecular weight is 359 g/mol. The van der Waals surface area contributed by atoms with Gasteiger partial charge in [0, 0.05) is 45.6 Å². The van der Waals surface area contributed by atoms with Gasteiger partial charge in [0.25, 0.3) is 11.8 Å². The summed E-state index contributed by atoms with van der Waals surface area (Å²) in [5.41, 5.74) is 1.72. The van der Waals surface area contributed by atoms with E-state index in [9.17, 15) is 9.59 Å². The summed E-state index contributed by atoms with van der Waals surface area (Å²) in [5, 5.41) is 10.9. The lowest BCUT2D eigenvalue weighted by atomic mass is 9.92. The maximum absolute atomic E-state index is 12.8. The van der Waals surface area contributed by atoms with Gasteiger partial charge in [-0.15, -0.1) is 0 Å². The molecule has 8 heteroatoms. The van der Waals surface area contributed by atoms with E-state index in [1.54, 1.807) is 31.3 Å². The smallest absolute Gasteiger partial charge is 0.276 e. The maximum Gasteiger partial charge on any atom is 0.276 e. The number of rotatable bonds is 5. The number of likely N-dealkylation sites (tertiary alicyclic amines) is 1. The molecule has 1 fully saturated rings. The molecule has 0 saturated carbocycles. The molecule has 140 valence electrons. The first-order valence-corrected chi connectivity index (χ1v) is 9.01. The van der Waals surface area contributed by atoms with Gasteiger partial charge in [-0.25, -0.2) is 0 Å².